The molecule has 0 unspecified atom stereocenters. The van der Waals surface area contributed by atoms with Crippen LogP contribution >= 0.6 is 11.3 Å². The third-order valence-corrected chi connectivity index (χ3v) is 3.87. The maximum absolute atomic E-state index is 12.3. The van der Waals surface area contributed by atoms with Gasteiger partial charge in [0.05, 0.1) is 0 Å². The SMILES string of the molecule is CCc1cc(=O)n2nc(Oc3ccccc3OCC(F)(F)F)sc2n1. The molecule has 6 nitrogen and oxygen atoms in total. The van der Waals surface area contributed by atoms with Gasteiger partial charge >= 0.3 is 6.18 Å². The first-order valence-corrected chi connectivity index (χ1v) is 8.03. The van der Waals surface area contributed by atoms with Crippen molar-refractivity contribution < 1.29 is 22.6 Å². The lowest BCUT2D eigenvalue weighted by molar-refractivity contribution is -0.153. The van der Waals surface area contributed by atoms with Crippen molar-refractivity contribution in [2.45, 2.75) is 19.5 Å². The Morgan fingerprint density at radius 3 is 2.64 bits per heavy atom. The van der Waals surface area contributed by atoms with Crippen LogP contribution in [-0.4, -0.2) is 27.4 Å². The van der Waals surface area contributed by atoms with Gasteiger partial charge in [-0.3, -0.25) is 4.79 Å². The molecular weight excluding hydrogens is 359 g/mol. The lowest BCUT2D eigenvalue weighted by Gasteiger charge is -2.12. The molecule has 1 aromatic carbocycles. The molecule has 0 saturated carbocycles. The van der Waals surface area contributed by atoms with Gasteiger partial charge in [0.25, 0.3) is 10.8 Å². The Morgan fingerprint density at radius 2 is 1.96 bits per heavy atom. The molecule has 0 fully saturated rings. The summed E-state index contributed by atoms with van der Waals surface area (Å²) in [5, 5.41) is 4.06. The molecule has 0 radical (unpaired) electrons. The Morgan fingerprint density at radius 1 is 1.24 bits per heavy atom. The standard InChI is InChI=1S/C15H12F3N3O3S/c1-2-9-7-12(22)21-13(19-9)25-14(20-21)24-11-6-4-3-5-10(11)23-8-15(16,17)18/h3-7H,2,8H2,1H3. The molecule has 0 bridgehead atoms. The number of rotatable bonds is 5. The van der Waals surface area contributed by atoms with Crippen LogP contribution in [0, 0.1) is 0 Å². The van der Waals surface area contributed by atoms with Crippen LogP contribution in [0.1, 0.15) is 12.6 Å². The highest BCUT2D eigenvalue weighted by molar-refractivity contribution is 7.18. The second-order valence-corrected chi connectivity index (χ2v) is 5.87. The Labute approximate surface area is 143 Å². The molecule has 3 aromatic rings. The van der Waals surface area contributed by atoms with Crippen LogP contribution in [0.4, 0.5) is 13.2 Å². The number of benzene rings is 1. The number of hydrogen-bond acceptors (Lipinski definition) is 6. The third-order valence-electron chi connectivity index (χ3n) is 3.08. The van der Waals surface area contributed by atoms with Gasteiger partial charge in [0.2, 0.25) is 4.96 Å². The van der Waals surface area contributed by atoms with Crippen LogP contribution in [0.2, 0.25) is 0 Å². The fourth-order valence-electron chi connectivity index (χ4n) is 1.97. The molecule has 0 aliphatic heterocycles. The number of ether oxygens (including phenoxy) is 2. The normalized spacial score (nSPS) is 11.7. The molecule has 0 N–H and O–H groups in total. The average molecular weight is 371 g/mol. The summed E-state index contributed by atoms with van der Waals surface area (Å²) in [6.07, 6.45) is -3.87. The zero-order valence-corrected chi connectivity index (χ0v) is 13.7. The maximum atomic E-state index is 12.3. The molecule has 25 heavy (non-hydrogen) atoms. The van der Waals surface area contributed by atoms with Crippen LogP contribution < -0.4 is 15.0 Å². The summed E-state index contributed by atoms with van der Waals surface area (Å²) in [4.78, 5) is 16.6. The Kier molecular flexibility index (Phi) is 4.62. The summed E-state index contributed by atoms with van der Waals surface area (Å²) < 4.78 is 48.3. The van der Waals surface area contributed by atoms with E-state index in [9.17, 15) is 18.0 Å². The smallest absolute Gasteiger partial charge is 0.422 e. The van der Waals surface area contributed by atoms with Gasteiger partial charge in [-0.15, -0.1) is 5.10 Å². The summed E-state index contributed by atoms with van der Waals surface area (Å²) >= 11 is 1.01. The van der Waals surface area contributed by atoms with Crippen LogP contribution in [0.25, 0.3) is 4.96 Å². The maximum Gasteiger partial charge on any atom is 0.422 e. The molecule has 0 atom stereocenters. The van der Waals surface area contributed by atoms with Gasteiger partial charge < -0.3 is 9.47 Å². The number of aromatic nitrogens is 3. The highest BCUT2D eigenvalue weighted by atomic mass is 32.1. The minimum absolute atomic E-state index is 0.0644. The van der Waals surface area contributed by atoms with Gasteiger partial charge in [-0.25, -0.2) is 4.98 Å². The van der Waals surface area contributed by atoms with Crippen molar-refractivity contribution in [3.8, 4) is 16.7 Å². The Hall–Kier alpha value is -2.62. The van der Waals surface area contributed by atoms with Gasteiger partial charge in [-0.1, -0.05) is 19.1 Å². The van der Waals surface area contributed by atoms with E-state index in [4.69, 9.17) is 9.47 Å². The highest BCUT2D eigenvalue weighted by Crippen LogP contribution is 2.33. The first-order valence-electron chi connectivity index (χ1n) is 7.22. The lowest BCUT2D eigenvalue weighted by Crippen LogP contribution is -2.19. The lowest BCUT2D eigenvalue weighted by atomic mass is 10.3. The van der Waals surface area contributed by atoms with Crippen LogP contribution in [0.15, 0.2) is 35.1 Å². The van der Waals surface area contributed by atoms with Crippen molar-refractivity contribution in [3.63, 3.8) is 0 Å². The van der Waals surface area contributed by atoms with E-state index in [0.29, 0.717) is 17.1 Å². The van der Waals surface area contributed by atoms with Crippen molar-refractivity contribution >= 4 is 16.3 Å². The topological polar surface area (TPSA) is 65.7 Å². The second kappa shape index (κ2) is 6.71. The van der Waals surface area contributed by atoms with E-state index in [1.807, 2.05) is 6.92 Å². The number of alkyl halides is 3. The Bertz CT molecular complexity index is 952. The van der Waals surface area contributed by atoms with Gasteiger partial charge in [0.1, 0.15) is 0 Å². The van der Waals surface area contributed by atoms with Crippen LogP contribution in [0.3, 0.4) is 0 Å². The minimum Gasteiger partial charge on any atom is -0.480 e. The highest BCUT2D eigenvalue weighted by Gasteiger charge is 2.29. The number of halogens is 3. The van der Waals surface area contributed by atoms with Crippen LogP contribution in [0.5, 0.6) is 16.7 Å². The van der Waals surface area contributed by atoms with E-state index in [2.05, 4.69) is 10.1 Å². The molecule has 0 amide bonds. The predicted octanol–water partition coefficient (Wildman–Crippen LogP) is 3.45. The van der Waals surface area contributed by atoms with Crippen molar-refractivity contribution in [3.05, 3.63) is 46.4 Å². The summed E-state index contributed by atoms with van der Waals surface area (Å²) in [5.41, 5.74) is 0.267. The number of aryl methyl sites for hydroxylation is 1. The fourth-order valence-corrected chi connectivity index (χ4v) is 2.76. The number of hydrogen-bond donors (Lipinski definition) is 0. The number of nitrogens with zero attached hydrogens (tertiary/aromatic N) is 3. The van der Waals surface area contributed by atoms with Crippen molar-refractivity contribution in [2.75, 3.05) is 6.61 Å². The molecule has 0 aliphatic rings. The van der Waals surface area contributed by atoms with E-state index in [-0.39, 0.29) is 22.3 Å². The summed E-state index contributed by atoms with van der Waals surface area (Å²) in [7, 11) is 0. The minimum atomic E-state index is -4.46. The number of para-hydroxylation sites is 2. The van der Waals surface area contributed by atoms with E-state index in [1.165, 1.54) is 24.3 Å². The summed E-state index contributed by atoms with van der Waals surface area (Å²) in [6, 6.07) is 7.29. The molecule has 10 heteroatoms. The van der Waals surface area contributed by atoms with E-state index < -0.39 is 12.8 Å². The first-order chi connectivity index (χ1) is 11.9. The van der Waals surface area contributed by atoms with Gasteiger partial charge in [-0.2, -0.15) is 17.7 Å². The van der Waals surface area contributed by atoms with Gasteiger partial charge in [0.15, 0.2) is 18.1 Å². The number of fused-ring (bicyclic) bond motifs is 1. The quantitative estimate of drug-likeness (QED) is 0.687. The van der Waals surface area contributed by atoms with E-state index >= 15 is 0 Å². The molecule has 3 rings (SSSR count). The van der Waals surface area contributed by atoms with Crippen molar-refractivity contribution in [1.82, 2.24) is 14.6 Å². The van der Waals surface area contributed by atoms with Gasteiger partial charge in [-0.05, 0) is 29.9 Å². The Balaban J connectivity index is 1.89. The average Bonchev–Trinajstić information content (AvgIpc) is 2.96. The molecule has 2 heterocycles. The monoisotopic (exact) mass is 371 g/mol. The fraction of sp³-hybridized carbons (Fsp3) is 0.267. The zero-order chi connectivity index (χ0) is 18.0. The van der Waals surface area contributed by atoms with Crippen LogP contribution in [-0.2, 0) is 6.42 Å². The molecule has 0 aliphatic carbocycles. The molecule has 0 spiro atoms. The molecular formula is C15H12F3N3O3S. The van der Waals surface area contributed by atoms with E-state index in [0.717, 1.165) is 15.9 Å². The largest absolute Gasteiger partial charge is 0.480 e. The molecule has 2 aromatic heterocycles. The first kappa shape index (κ1) is 17.2. The second-order valence-electron chi connectivity index (χ2n) is 4.95. The summed E-state index contributed by atoms with van der Waals surface area (Å²) in [5.74, 6) is -0.0109. The zero-order valence-electron chi connectivity index (χ0n) is 12.9. The van der Waals surface area contributed by atoms with Crippen molar-refractivity contribution in [2.24, 2.45) is 0 Å². The van der Waals surface area contributed by atoms with E-state index in [1.54, 1.807) is 6.07 Å². The third kappa shape index (κ3) is 4.08. The van der Waals surface area contributed by atoms with Gasteiger partial charge in [0, 0.05) is 11.8 Å². The van der Waals surface area contributed by atoms with Crippen molar-refractivity contribution in [1.29, 1.82) is 0 Å². The summed E-state index contributed by atoms with van der Waals surface area (Å²) in [6.45, 7) is 0.430. The molecule has 132 valence electrons. The molecule has 0 saturated heterocycles. The predicted molar refractivity (Wildman–Crippen MR) is 84.6 cm³/mol.